The topological polar surface area (TPSA) is 23.5 Å². The lowest BCUT2D eigenvalue weighted by Crippen LogP contribution is -2.36. The minimum absolute atomic E-state index is 0.167. The summed E-state index contributed by atoms with van der Waals surface area (Å²) in [5.74, 6) is 1.71. The summed E-state index contributed by atoms with van der Waals surface area (Å²) in [7, 11) is 2.12. The number of aryl methyl sites for hydroxylation is 1. The number of aliphatic hydroxyl groups is 1. The van der Waals surface area contributed by atoms with Crippen molar-refractivity contribution in [3.8, 4) is 0 Å². The predicted octanol–water partition coefficient (Wildman–Crippen LogP) is 3.26. The Labute approximate surface area is 117 Å². The summed E-state index contributed by atoms with van der Waals surface area (Å²) in [5.41, 5.74) is 2.35. The first-order chi connectivity index (χ1) is 9.02. The van der Waals surface area contributed by atoms with Gasteiger partial charge >= 0.3 is 0 Å². The van der Waals surface area contributed by atoms with Crippen LogP contribution in [-0.2, 0) is 6.42 Å². The van der Waals surface area contributed by atoms with Crippen molar-refractivity contribution in [3.05, 3.63) is 35.4 Å². The molecule has 1 fully saturated rings. The number of hydrogen-bond donors (Lipinski definition) is 1. The van der Waals surface area contributed by atoms with Gasteiger partial charge < -0.3 is 10.0 Å². The van der Waals surface area contributed by atoms with Crippen molar-refractivity contribution < 1.29 is 5.11 Å². The minimum atomic E-state index is -0.398. The predicted molar refractivity (Wildman–Crippen MR) is 80.1 cm³/mol. The van der Waals surface area contributed by atoms with Gasteiger partial charge in [0.25, 0.3) is 0 Å². The average molecular weight is 261 g/mol. The van der Waals surface area contributed by atoms with Gasteiger partial charge in [0.1, 0.15) is 0 Å². The molecule has 1 saturated carbocycles. The van der Waals surface area contributed by atoms with Crippen molar-refractivity contribution in [2.45, 2.75) is 45.8 Å². The monoisotopic (exact) mass is 261 g/mol. The quantitative estimate of drug-likeness (QED) is 0.849. The average Bonchev–Trinajstić information content (AvgIpc) is 3.12. The van der Waals surface area contributed by atoms with E-state index in [2.05, 4.69) is 57.0 Å². The van der Waals surface area contributed by atoms with Crippen LogP contribution in [0.15, 0.2) is 24.3 Å². The molecule has 0 amide bonds. The number of likely N-dealkylation sites (N-methyl/N-ethyl adjacent to an activating group) is 1. The Balaban J connectivity index is 1.94. The molecule has 0 aliphatic heterocycles. The highest BCUT2D eigenvalue weighted by Gasteiger charge is 2.34. The fourth-order valence-electron chi connectivity index (χ4n) is 2.66. The first kappa shape index (κ1) is 14.5. The molecular weight excluding hydrogens is 234 g/mol. The first-order valence-corrected chi connectivity index (χ1v) is 7.50. The van der Waals surface area contributed by atoms with E-state index in [-0.39, 0.29) is 6.04 Å². The number of hydrogen-bond acceptors (Lipinski definition) is 2. The summed E-state index contributed by atoms with van der Waals surface area (Å²) < 4.78 is 0. The van der Waals surface area contributed by atoms with Gasteiger partial charge in [-0.05, 0) is 49.8 Å². The third kappa shape index (κ3) is 3.58. The summed E-state index contributed by atoms with van der Waals surface area (Å²) in [4.78, 5) is 2.30. The van der Waals surface area contributed by atoms with Crippen molar-refractivity contribution in [2.24, 2.45) is 11.8 Å². The molecule has 4 atom stereocenters. The second-order valence-corrected chi connectivity index (χ2v) is 6.19. The van der Waals surface area contributed by atoms with Crippen molar-refractivity contribution in [1.29, 1.82) is 0 Å². The Bertz CT molecular complexity index is 400. The molecule has 0 spiro atoms. The van der Waals surface area contributed by atoms with E-state index < -0.39 is 6.10 Å². The van der Waals surface area contributed by atoms with Gasteiger partial charge in [0.2, 0.25) is 0 Å². The van der Waals surface area contributed by atoms with Crippen LogP contribution in [0.5, 0.6) is 0 Å². The molecule has 0 saturated heterocycles. The largest absolute Gasteiger partial charge is 0.387 e. The van der Waals surface area contributed by atoms with Crippen LogP contribution < -0.4 is 0 Å². The van der Waals surface area contributed by atoms with Crippen molar-refractivity contribution in [3.63, 3.8) is 0 Å². The Morgan fingerprint density at radius 3 is 2.37 bits per heavy atom. The maximum atomic E-state index is 10.5. The summed E-state index contributed by atoms with van der Waals surface area (Å²) >= 11 is 0. The van der Waals surface area contributed by atoms with E-state index in [9.17, 15) is 5.11 Å². The van der Waals surface area contributed by atoms with Crippen LogP contribution in [0, 0.1) is 11.8 Å². The molecular formula is C17H27NO. The molecule has 1 N–H and O–H groups in total. The summed E-state index contributed by atoms with van der Waals surface area (Å²) in [6.45, 7) is 7.68. The summed E-state index contributed by atoms with van der Waals surface area (Å²) in [5, 5.41) is 10.5. The molecule has 4 unspecified atom stereocenters. The summed E-state index contributed by atoms with van der Waals surface area (Å²) in [6.07, 6.45) is 1.99. The molecule has 19 heavy (non-hydrogen) atoms. The lowest BCUT2D eigenvalue weighted by Gasteiger charge is -2.29. The highest BCUT2D eigenvalue weighted by molar-refractivity contribution is 5.24. The second kappa shape index (κ2) is 6.06. The highest BCUT2D eigenvalue weighted by atomic mass is 16.3. The molecule has 1 aliphatic carbocycles. The second-order valence-electron chi connectivity index (χ2n) is 6.19. The van der Waals surface area contributed by atoms with Gasteiger partial charge in [-0.3, -0.25) is 0 Å². The number of nitrogens with zero attached hydrogens (tertiary/aromatic N) is 1. The molecule has 0 bridgehead atoms. The van der Waals surface area contributed by atoms with Crippen LogP contribution in [0.3, 0.4) is 0 Å². The van der Waals surface area contributed by atoms with E-state index in [0.29, 0.717) is 0 Å². The van der Waals surface area contributed by atoms with Crippen molar-refractivity contribution in [1.82, 2.24) is 4.90 Å². The van der Waals surface area contributed by atoms with Gasteiger partial charge in [-0.15, -0.1) is 0 Å². The van der Waals surface area contributed by atoms with E-state index in [0.717, 1.165) is 30.4 Å². The minimum Gasteiger partial charge on any atom is -0.387 e. The first-order valence-electron chi connectivity index (χ1n) is 7.50. The molecule has 1 aliphatic rings. The number of benzene rings is 1. The van der Waals surface area contributed by atoms with Gasteiger partial charge in [-0.25, -0.2) is 0 Å². The molecule has 2 heteroatoms. The van der Waals surface area contributed by atoms with Crippen molar-refractivity contribution >= 4 is 0 Å². The van der Waals surface area contributed by atoms with Gasteiger partial charge in [0, 0.05) is 12.6 Å². The SMILES string of the molecule is CCc1ccc(C(O)C(C)N(C)CC2CC2C)cc1. The normalized spacial score (nSPS) is 25.4. The Morgan fingerprint density at radius 1 is 1.32 bits per heavy atom. The molecule has 106 valence electrons. The molecule has 2 rings (SSSR count). The molecule has 0 radical (unpaired) electrons. The van der Waals surface area contributed by atoms with Crippen LogP contribution in [0.1, 0.15) is 44.4 Å². The van der Waals surface area contributed by atoms with Gasteiger partial charge in [-0.2, -0.15) is 0 Å². The van der Waals surface area contributed by atoms with Gasteiger partial charge in [0.05, 0.1) is 6.10 Å². The lowest BCUT2D eigenvalue weighted by molar-refractivity contribution is 0.0696. The molecule has 0 heterocycles. The maximum Gasteiger partial charge on any atom is 0.0942 e. The van der Waals surface area contributed by atoms with Crippen LogP contribution in [-0.4, -0.2) is 29.6 Å². The Kier molecular flexibility index (Phi) is 4.64. The number of aliphatic hydroxyl groups excluding tert-OH is 1. The van der Waals surface area contributed by atoms with E-state index in [1.165, 1.54) is 12.0 Å². The smallest absolute Gasteiger partial charge is 0.0942 e. The fraction of sp³-hybridized carbons (Fsp3) is 0.647. The molecule has 1 aromatic carbocycles. The molecule has 1 aromatic rings. The molecule has 0 aromatic heterocycles. The zero-order chi connectivity index (χ0) is 14.0. The lowest BCUT2D eigenvalue weighted by atomic mass is 10.0. The van der Waals surface area contributed by atoms with Crippen LogP contribution >= 0.6 is 0 Å². The van der Waals surface area contributed by atoms with Crippen molar-refractivity contribution in [2.75, 3.05) is 13.6 Å². The Hall–Kier alpha value is -0.860. The van der Waals surface area contributed by atoms with Crippen LogP contribution in [0.25, 0.3) is 0 Å². The standard InChI is InChI=1S/C17H27NO/c1-5-14-6-8-15(9-7-14)17(19)13(3)18(4)11-16-10-12(16)2/h6-9,12-13,16-17,19H,5,10-11H2,1-4H3. The van der Waals surface area contributed by atoms with Crippen LogP contribution in [0.2, 0.25) is 0 Å². The van der Waals surface area contributed by atoms with E-state index in [1.54, 1.807) is 0 Å². The van der Waals surface area contributed by atoms with Gasteiger partial charge in [-0.1, -0.05) is 38.1 Å². The van der Waals surface area contributed by atoms with E-state index in [4.69, 9.17) is 0 Å². The van der Waals surface area contributed by atoms with E-state index >= 15 is 0 Å². The Morgan fingerprint density at radius 2 is 1.89 bits per heavy atom. The van der Waals surface area contributed by atoms with E-state index in [1.807, 2.05) is 0 Å². The fourth-order valence-corrected chi connectivity index (χ4v) is 2.66. The summed E-state index contributed by atoms with van der Waals surface area (Å²) in [6, 6.07) is 8.53. The maximum absolute atomic E-state index is 10.5. The number of rotatable bonds is 6. The third-order valence-electron chi connectivity index (χ3n) is 4.68. The third-order valence-corrected chi connectivity index (χ3v) is 4.68. The zero-order valence-corrected chi connectivity index (χ0v) is 12.6. The highest BCUT2D eigenvalue weighted by Crippen LogP contribution is 2.38. The van der Waals surface area contributed by atoms with Crippen LogP contribution in [0.4, 0.5) is 0 Å². The molecule has 2 nitrogen and oxygen atoms in total. The zero-order valence-electron chi connectivity index (χ0n) is 12.6. The van der Waals surface area contributed by atoms with Gasteiger partial charge in [0.15, 0.2) is 0 Å².